The van der Waals surface area contributed by atoms with Gasteiger partial charge in [0.1, 0.15) is 11.6 Å². The molecule has 4 nitrogen and oxygen atoms in total. The van der Waals surface area contributed by atoms with Crippen LogP contribution in [0.4, 0.5) is 4.39 Å². The standard InChI is InChI=1S/C22H27ClFNO3/c1-15(2)14-28-18-6-4-5-17(11-18)12-25(10-9-21(26)27)13-19-20(24)8-7-16(3)22(19)23/h4-8,11,15H,9-10,12-14H2,1-3H3,(H,26,27). The van der Waals surface area contributed by atoms with Gasteiger partial charge in [-0.2, -0.15) is 0 Å². The maximum atomic E-state index is 14.3. The number of ether oxygens (including phenoxy) is 1. The molecule has 0 radical (unpaired) electrons. The Kier molecular flexibility index (Phi) is 8.27. The number of aryl methyl sites for hydroxylation is 1. The number of halogens is 2. The van der Waals surface area contributed by atoms with Crippen molar-refractivity contribution in [3.05, 3.63) is 63.9 Å². The largest absolute Gasteiger partial charge is 0.493 e. The minimum atomic E-state index is -0.894. The van der Waals surface area contributed by atoms with Gasteiger partial charge in [-0.15, -0.1) is 0 Å². The van der Waals surface area contributed by atoms with Crippen molar-refractivity contribution in [3.8, 4) is 5.75 Å². The summed E-state index contributed by atoms with van der Waals surface area (Å²) in [5, 5.41) is 9.45. The first-order valence-electron chi connectivity index (χ1n) is 9.35. The minimum Gasteiger partial charge on any atom is -0.493 e. The van der Waals surface area contributed by atoms with Crippen molar-refractivity contribution in [3.63, 3.8) is 0 Å². The Morgan fingerprint density at radius 2 is 2.00 bits per heavy atom. The molecule has 1 N–H and O–H groups in total. The number of benzene rings is 2. The quantitative estimate of drug-likeness (QED) is 0.580. The Balaban J connectivity index is 2.19. The van der Waals surface area contributed by atoms with Crippen molar-refractivity contribution >= 4 is 17.6 Å². The molecule has 0 saturated heterocycles. The summed E-state index contributed by atoms with van der Waals surface area (Å²) in [4.78, 5) is 12.9. The molecule has 0 bridgehead atoms. The third-order valence-electron chi connectivity index (χ3n) is 4.29. The Bertz CT molecular complexity index is 810. The van der Waals surface area contributed by atoms with Gasteiger partial charge in [-0.25, -0.2) is 4.39 Å². The lowest BCUT2D eigenvalue weighted by Crippen LogP contribution is -2.26. The molecule has 2 aromatic rings. The van der Waals surface area contributed by atoms with Crippen molar-refractivity contribution < 1.29 is 19.0 Å². The lowest BCUT2D eigenvalue weighted by atomic mass is 10.1. The van der Waals surface area contributed by atoms with Gasteiger partial charge in [0.25, 0.3) is 0 Å². The van der Waals surface area contributed by atoms with Crippen molar-refractivity contribution in [2.75, 3.05) is 13.2 Å². The molecule has 0 saturated carbocycles. The number of nitrogens with zero attached hydrogens (tertiary/aromatic N) is 1. The summed E-state index contributed by atoms with van der Waals surface area (Å²) >= 11 is 6.30. The molecular formula is C22H27ClFNO3. The van der Waals surface area contributed by atoms with Crippen LogP contribution in [0, 0.1) is 18.7 Å². The first kappa shape index (κ1) is 22.2. The molecule has 0 aliphatic rings. The first-order valence-corrected chi connectivity index (χ1v) is 9.73. The molecule has 6 heteroatoms. The van der Waals surface area contributed by atoms with Gasteiger partial charge in [0, 0.05) is 25.2 Å². The molecule has 0 aliphatic heterocycles. The summed E-state index contributed by atoms with van der Waals surface area (Å²) in [5.41, 5.74) is 2.15. The Morgan fingerprint density at radius 1 is 1.25 bits per heavy atom. The van der Waals surface area contributed by atoms with E-state index < -0.39 is 5.97 Å². The molecule has 2 rings (SSSR count). The zero-order chi connectivity index (χ0) is 20.7. The van der Waals surface area contributed by atoms with E-state index in [-0.39, 0.29) is 25.3 Å². The van der Waals surface area contributed by atoms with E-state index in [1.54, 1.807) is 6.07 Å². The summed E-state index contributed by atoms with van der Waals surface area (Å²) in [7, 11) is 0. The summed E-state index contributed by atoms with van der Waals surface area (Å²) in [6.07, 6.45) is -0.0331. The highest BCUT2D eigenvalue weighted by atomic mass is 35.5. The maximum Gasteiger partial charge on any atom is 0.304 e. The second kappa shape index (κ2) is 10.4. The highest BCUT2D eigenvalue weighted by molar-refractivity contribution is 6.32. The zero-order valence-corrected chi connectivity index (χ0v) is 17.3. The van der Waals surface area contributed by atoms with Gasteiger partial charge in [0.2, 0.25) is 0 Å². The number of rotatable bonds is 10. The van der Waals surface area contributed by atoms with Crippen LogP contribution in [0.15, 0.2) is 36.4 Å². The molecular weight excluding hydrogens is 381 g/mol. The highest BCUT2D eigenvalue weighted by Crippen LogP contribution is 2.26. The van der Waals surface area contributed by atoms with E-state index in [0.29, 0.717) is 29.7 Å². The van der Waals surface area contributed by atoms with Crippen molar-refractivity contribution in [2.45, 2.75) is 40.3 Å². The number of carboxylic acids is 1. The van der Waals surface area contributed by atoms with Crippen molar-refractivity contribution in [2.24, 2.45) is 5.92 Å². The average molecular weight is 408 g/mol. The molecule has 0 unspecified atom stereocenters. The molecule has 0 aromatic heterocycles. The Morgan fingerprint density at radius 3 is 2.68 bits per heavy atom. The van der Waals surface area contributed by atoms with Crippen LogP contribution in [0.2, 0.25) is 5.02 Å². The average Bonchev–Trinajstić information content (AvgIpc) is 2.64. The van der Waals surface area contributed by atoms with Gasteiger partial charge >= 0.3 is 5.97 Å². The van der Waals surface area contributed by atoms with Crippen LogP contribution in [0.3, 0.4) is 0 Å². The fourth-order valence-electron chi connectivity index (χ4n) is 2.81. The summed E-state index contributed by atoms with van der Waals surface area (Å²) in [5.74, 6) is -0.0916. The number of aliphatic carboxylic acids is 1. The van der Waals surface area contributed by atoms with E-state index >= 15 is 0 Å². The van der Waals surface area contributed by atoms with Gasteiger partial charge in [-0.05, 0) is 42.2 Å². The number of hydrogen-bond acceptors (Lipinski definition) is 3. The van der Waals surface area contributed by atoms with E-state index in [9.17, 15) is 9.18 Å². The molecule has 152 valence electrons. The lowest BCUT2D eigenvalue weighted by molar-refractivity contribution is -0.137. The van der Waals surface area contributed by atoms with E-state index in [1.807, 2.05) is 36.1 Å². The number of hydrogen-bond donors (Lipinski definition) is 1. The number of carbonyl (C=O) groups is 1. The van der Waals surface area contributed by atoms with E-state index in [2.05, 4.69) is 13.8 Å². The Hall–Kier alpha value is -2.11. The second-order valence-corrected chi connectivity index (χ2v) is 7.74. The van der Waals surface area contributed by atoms with Gasteiger partial charge in [0.15, 0.2) is 0 Å². The normalized spacial score (nSPS) is 11.2. The zero-order valence-electron chi connectivity index (χ0n) is 16.5. The van der Waals surface area contributed by atoms with Crippen LogP contribution in [0.1, 0.15) is 37.0 Å². The van der Waals surface area contributed by atoms with E-state index in [0.717, 1.165) is 16.9 Å². The highest BCUT2D eigenvalue weighted by Gasteiger charge is 2.16. The molecule has 0 aliphatic carbocycles. The van der Waals surface area contributed by atoms with Crippen LogP contribution < -0.4 is 4.74 Å². The molecule has 28 heavy (non-hydrogen) atoms. The smallest absolute Gasteiger partial charge is 0.304 e. The van der Waals surface area contributed by atoms with Crippen LogP contribution in [-0.2, 0) is 17.9 Å². The van der Waals surface area contributed by atoms with Crippen LogP contribution >= 0.6 is 11.6 Å². The lowest BCUT2D eigenvalue weighted by Gasteiger charge is -2.23. The van der Waals surface area contributed by atoms with Gasteiger partial charge in [-0.3, -0.25) is 9.69 Å². The molecule has 0 fully saturated rings. The maximum absolute atomic E-state index is 14.3. The third-order valence-corrected chi connectivity index (χ3v) is 4.82. The van der Waals surface area contributed by atoms with Crippen LogP contribution in [0.25, 0.3) is 0 Å². The van der Waals surface area contributed by atoms with Crippen molar-refractivity contribution in [1.82, 2.24) is 4.90 Å². The third kappa shape index (κ3) is 6.80. The first-order chi connectivity index (χ1) is 13.3. The molecule has 0 atom stereocenters. The number of carboxylic acid groups (broad SMARTS) is 1. The van der Waals surface area contributed by atoms with Crippen LogP contribution in [-0.4, -0.2) is 29.1 Å². The van der Waals surface area contributed by atoms with E-state index in [1.165, 1.54) is 6.07 Å². The van der Waals surface area contributed by atoms with Gasteiger partial charge < -0.3 is 9.84 Å². The summed E-state index contributed by atoms with van der Waals surface area (Å²) in [6, 6.07) is 10.7. The fourth-order valence-corrected chi connectivity index (χ4v) is 3.02. The van der Waals surface area contributed by atoms with Crippen molar-refractivity contribution in [1.29, 1.82) is 0 Å². The summed E-state index contributed by atoms with van der Waals surface area (Å²) in [6.45, 7) is 7.59. The van der Waals surface area contributed by atoms with Crippen LogP contribution in [0.5, 0.6) is 5.75 Å². The predicted octanol–water partition coefficient (Wildman–Crippen LogP) is 5.30. The van der Waals surface area contributed by atoms with Gasteiger partial charge in [0.05, 0.1) is 18.1 Å². The SMILES string of the molecule is Cc1ccc(F)c(CN(CCC(=O)O)Cc2cccc(OCC(C)C)c2)c1Cl. The topological polar surface area (TPSA) is 49.8 Å². The molecule has 2 aromatic carbocycles. The van der Waals surface area contributed by atoms with E-state index in [4.69, 9.17) is 21.4 Å². The summed E-state index contributed by atoms with van der Waals surface area (Å²) < 4.78 is 20.1. The molecule has 0 spiro atoms. The Labute approximate surface area is 170 Å². The molecule has 0 heterocycles. The molecule has 0 amide bonds. The van der Waals surface area contributed by atoms with Gasteiger partial charge in [-0.1, -0.05) is 43.6 Å². The predicted molar refractivity (Wildman–Crippen MR) is 109 cm³/mol. The fraction of sp³-hybridized carbons (Fsp3) is 0.409. The monoisotopic (exact) mass is 407 g/mol. The second-order valence-electron chi connectivity index (χ2n) is 7.36. The minimum absolute atomic E-state index is 0.0331.